The molecule has 32 heavy (non-hydrogen) atoms. The maximum Gasteiger partial charge on any atom is 0.0234 e. The van der Waals surface area contributed by atoms with E-state index in [4.69, 9.17) is 5.73 Å². The van der Waals surface area contributed by atoms with E-state index < -0.39 is 0 Å². The SMILES string of the molecule is Cc1cccc(CN(CC2CCC(CN)CC2)CC(c2ccccc2)c2ccccc2)c1. The van der Waals surface area contributed by atoms with E-state index >= 15 is 0 Å². The van der Waals surface area contributed by atoms with Crippen LogP contribution in [0.25, 0.3) is 0 Å². The predicted octanol–water partition coefficient (Wildman–Crippen LogP) is 6.39. The molecule has 0 aliphatic heterocycles. The van der Waals surface area contributed by atoms with E-state index in [2.05, 4.69) is 96.8 Å². The van der Waals surface area contributed by atoms with Crippen molar-refractivity contribution in [1.82, 2.24) is 4.90 Å². The van der Waals surface area contributed by atoms with Crippen LogP contribution in [0, 0.1) is 18.8 Å². The van der Waals surface area contributed by atoms with Gasteiger partial charge in [0.05, 0.1) is 0 Å². The summed E-state index contributed by atoms with van der Waals surface area (Å²) in [5.74, 6) is 1.88. The largest absolute Gasteiger partial charge is 0.330 e. The highest BCUT2D eigenvalue weighted by atomic mass is 15.1. The van der Waals surface area contributed by atoms with E-state index in [1.54, 1.807) is 0 Å². The molecule has 2 nitrogen and oxygen atoms in total. The van der Waals surface area contributed by atoms with E-state index in [9.17, 15) is 0 Å². The van der Waals surface area contributed by atoms with Gasteiger partial charge >= 0.3 is 0 Å². The highest BCUT2D eigenvalue weighted by molar-refractivity contribution is 5.33. The molecule has 3 aromatic carbocycles. The van der Waals surface area contributed by atoms with Gasteiger partial charge in [0.2, 0.25) is 0 Å². The minimum atomic E-state index is 0.377. The summed E-state index contributed by atoms with van der Waals surface area (Å²) < 4.78 is 0. The van der Waals surface area contributed by atoms with Gasteiger partial charge in [-0.3, -0.25) is 4.90 Å². The first-order chi connectivity index (χ1) is 15.7. The van der Waals surface area contributed by atoms with E-state index in [1.165, 1.54) is 54.5 Å². The van der Waals surface area contributed by atoms with E-state index in [0.717, 1.165) is 31.5 Å². The van der Waals surface area contributed by atoms with Gasteiger partial charge in [0, 0.05) is 25.6 Å². The lowest BCUT2D eigenvalue weighted by atomic mass is 9.81. The van der Waals surface area contributed by atoms with Crippen molar-refractivity contribution < 1.29 is 0 Å². The average molecular weight is 427 g/mol. The Balaban J connectivity index is 1.57. The Hall–Kier alpha value is -2.42. The van der Waals surface area contributed by atoms with Crippen molar-refractivity contribution in [2.24, 2.45) is 17.6 Å². The second kappa shape index (κ2) is 11.4. The second-order valence-electron chi connectivity index (χ2n) is 9.68. The van der Waals surface area contributed by atoms with Crippen molar-refractivity contribution in [3.8, 4) is 0 Å². The number of nitrogens with two attached hydrogens (primary N) is 1. The summed E-state index contributed by atoms with van der Waals surface area (Å²) in [5.41, 5.74) is 11.5. The second-order valence-corrected chi connectivity index (χ2v) is 9.68. The van der Waals surface area contributed by atoms with Gasteiger partial charge in [-0.25, -0.2) is 0 Å². The molecule has 0 unspecified atom stereocenters. The number of benzene rings is 3. The van der Waals surface area contributed by atoms with Crippen LogP contribution in [-0.4, -0.2) is 24.5 Å². The molecule has 1 saturated carbocycles. The van der Waals surface area contributed by atoms with Gasteiger partial charge in [-0.05, 0) is 67.7 Å². The minimum Gasteiger partial charge on any atom is -0.330 e. The van der Waals surface area contributed by atoms with Crippen LogP contribution in [-0.2, 0) is 6.54 Å². The molecular formula is C30H38N2. The maximum absolute atomic E-state index is 5.95. The summed E-state index contributed by atoms with van der Waals surface area (Å²) in [6, 6.07) is 31.1. The van der Waals surface area contributed by atoms with Crippen molar-refractivity contribution in [1.29, 1.82) is 0 Å². The van der Waals surface area contributed by atoms with Crippen LogP contribution in [0.1, 0.15) is 53.9 Å². The zero-order valence-electron chi connectivity index (χ0n) is 19.5. The topological polar surface area (TPSA) is 29.3 Å². The minimum absolute atomic E-state index is 0.377. The lowest BCUT2D eigenvalue weighted by Gasteiger charge is -2.34. The zero-order chi connectivity index (χ0) is 22.2. The molecule has 0 aromatic heterocycles. The van der Waals surface area contributed by atoms with Crippen molar-refractivity contribution in [3.63, 3.8) is 0 Å². The van der Waals surface area contributed by atoms with Crippen LogP contribution in [0.3, 0.4) is 0 Å². The van der Waals surface area contributed by atoms with Crippen LogP contribution in [0.4, 0.5) is 0 Å². The van der Waals surface area contributed by atoms with E-state index in [1.807, 2.05) is 0 Å². The van der Waals surface area contributed by atoms with Gasteiger partial charge in [-0.2, -0.15) is 0 Å². The Morgan fingerprint density at radius 2 is 1.38 bits per heavy atom. The molecule has 3 aromatic rings. The Morgan fingerprint density at radius 3 is 1.94 bits per heavy atom. The monoisotopic (exact) mass is 426 g/mol. The fourth-order valence-electron chi connectivity index (χ4n) is 5.32. The van der Waals surface area contributed by atoms with Crippen molar-refractivity contribution in [2.75, 3.05) is 19.6 Å². The highest BCUT2D eigenvalue weighted by Gasteiger charge is 2.25. The standard InChI is InChI=1S/C30H38N2/c1-24-9-8-10-27(19-24)22-32(21-26-17-15-25(20-31)16-18-26)23-30(28-11-4-2-5-12-28)29-13-6-3-7-14-29/h2-14,19,25-26,30H,15-18,20-23,31H2,1H3. The Kier molecular flexibility index (Phi) is 8.14. The zero-order valence-corrected chi connectivity index (χ0v) is 19.5. The van der Waals surface area contributed by atoms with Crippen LogP contribution < -0.4 is 5.73 Å². The molecule has 1 fully saturated rings. The summed E-state index contributed by atoms with van der Waals surface area (Å²) in [4.78, 5) is 2.72. The third-order valence-corrected chi connectivity index (χ3v) is 7.15. The number of rotatable bonds is 9. The Bertz CT molecular complexity index is 890. The van der Waals surface area contributed by atoms with Gasteiger partial charge in [0.25, 0.3) is 0 Å². The lowest BCUT2D eigenvalue weighted by Crippen LogP contribution is -2.35. The quantitative estimate of drug-likeness (QED) is 0.429. The molecule has 0 saturated heterocycles. The fraction of sp³-hybridized carbons (Fsp3) is 0.400. The number of hydrogen-bond acceptors (Lipinski definition) is 2. The van der Waals surface area contributed by atoms with Gasteiger partial charge < -0.3 is 5.73 Å². The summed E-state index contributed by atoms with van der Waals surface area (Å²) >= 11 is 0. The van der Waals surface area contributed by atoms with E-state index in [0.29, 0.717) is 5.92 Å². The first-order valence-corrected chi connectivity index (χ1v) is 12.3. The first kappa shape index (κ1) is 22.8. The molecule has 0 atom stereocenters. The molecule has 0 spiro atoms. The fourth-order valence-corrected chi connectivity index (χ4v) is 5.32. The van der Waals surface area contributed by atoms with Crippen molar-refractivity contribution in [3.05, 3.63) is 107 Å². The molecule has 2 heteroatoms. The molecule has 0 heterocycles. The van der Waals surface area contributed by atoms with E-state index in [-0.39, 0.29) is 0 Å². The molecule has 1 aliphatic carbocycles. The molecule has 0 radical (unpaired) electrons. The molecular weight excluding hydrogens is 388 g/mol. The van der Waals surface area contributed by atoms with Gasteiger partial charge in [0.15, 0.2) is 0 Å². The molecule has 0 bridgehead atoms. The third-order valence-electron chi connectivity index (χ3n) is 7.15. The molecule has 0 amide bonds. The molecule has 1 aliphatic rings. The van der Waals surface area contributed by atoms with Crippen LogP contribution in [0.5, 0.6) is 0 Å². The Labute approximate surface area is 194 Å². The molecule has 2 N–H and O–H groups in total. The summed E-state index contributed by atoms with van der Waals surface area (Å²) in [6.07, 6.45) is 5.21. The van der Waals surface area contributed by atoms with Crippen molar-refractivity contribution in [2.45, 2.75) is 45.1 Å². The lowest BCUT2D eigenvalue weighted by molar-refractivity contribution is 0.172. The number of nitrogens with zero attached hydrogens (tertiary/aromatic N) is 1. The normalized spacial score (nSPS) is 18.9. The molecule has 168 valence electrons. The van der Waals surface area contributed by atoms with Crippen LogP contribution in [0.15, 0.2) is 84.9 Å². The average Bonchev–Trinajstić information content (AvgIpc) is 2.84. The number of aryl methyl sites for hydroxylation is 1. The third kappa shape index (κ3) is 6.31. The summed E-state index contributed by atoms with van der Waals surface area (Å²) in [7, 11) is 0. The van der Waals surface area contributed by atoms with Crippen LogP contribution in [0.2, 0.25) is 0 Å². The predicted molar refractivity (Wildman–Crippen MR) is 136 cm³/mol. The number of hydrogen-bond donors (Lipinski definition) is 1. The Morgan fingerprint density at radius 1 is 0.781 bits per heavy atom. The molecule has 4 rings (SSSR count). The van der Waals surface area contributed by atoms with Gasteiger partial charge in [-0.15, -0.1) is 0 Å². The van der Waals surface area contributed by atoms with Gasteiger partial charge in [-0.1, -0.05) is 90.5 Å². The summed E-state index contributed by atoms with van der Waals surface area (Å²) in [6.45, 7) is 6.26. The first-order valence-electron chi connectivity index (χ1n) is 12.3. The van der Waals surface area contributed by atoms with Crippen molar-refractivity contribution >= 4 is 0 Å². The van der Waals surface area contributed by atoms with Gasteiger partial charge in [0.1, 0.15) is 0 Å². The highest BCUT2D eigenvalue weighted by Crippen LogP contribution is 2.31. The summed E-state index contributed by atoms with van der Waals surface area (Å²) in [5, 5.41) is 0. The maximum atomic E-state index is 5.95. The van der Waals surface area contributed by atoms with Crippen LogP contribution >= 0.6 is 0 Å². The smallest absolute Gasteiger partial charge is 0.0234 e.